The molecular formula is C15H13ClO4. The number of ether oxygens (including phenoxy) is 2. The number of halogens is 1. The van der Waals surface area contributed by atoms with Crippen molar-refractivity contribution < 1.29 is 19.4 Å². The van der Waals surface area contributed by atoms with Crippen molar-refractivity contribution >= 4 is 17.6 Å². The summed E-state index contributed by atoms with van der Waals surface area (Å²) in [4.78, 5) is 11.2. The molecule has 104 valence electrons. The van der Waals surface area contributed by atoms with Gasteiger partial charge in [-0.1, -0.05) is 23.7 Å². The lowest BCUT2D eigenvalue weighted by atomic mass is 10.2. The van der Waals surface area contributed by atoms with E-state index in [1.807, 2.05) is 12.1 Å². The second-order valence-corrected chi connectivity index (χ2v) is 4.56. The summed E-state index contributed by atoms with van der Waals surface area (Å²) in [6, 6.07) is 11.7. The Labute approximate surface area is 121 Å². The Hall–Kier alpha value is -2.04. The van der Waals surface area contributed by atoms with Gasteiger partial charge in [0.05, 0.1) is 6.61 Å². The van der Waals surface area contributed by atoms with E-state index in [2.05, 4.69) is 0 Å². The van der Waals surface area contributed by atoms with Crippen molar-refractivity contribution in [2.75, 3.05) is 7.11 Å². The first kappa shape index (κ1) is 14.4. The van der Waals surface area contributed by atoms with Crippen LogP contribution in [0.3, 0.4) is 0 Å². The van der Waals surface area contributed by atoms with Crippen LogP contribution < -0.4 is 4.74 Å². The highest BCUT2D eigenvalue weighted by atomic mass is 35.5. The predicted molar refractivity (Wildman–Crippen MR) is 75.6 cm³/mol. The highest BCUT2D eigenvalue weighted by Gasteiger charge is 2.13. The minimum Gasteiger partial charge on any atom is -0.478 e. The number of rotatable bonds is 5. The Balaban J connectivity index is 2.30. The van der Waals surface area contributed by atoms with Crippen molar-refractivity contribution in [3.05, 3.63) is 58.6 Å². The van der Waals surface area contributed by atoms with E-state index in [9.17, 15) is 4.79 Å². The van der Waals surface area contributed by atoms with Gasteiger partial charge in [0.15, 0.2) is 0 Å². The molecular weight excluding hydrogens is 280 g/mol. The van der Waals surface area contributed by atoms with Gasteiger partial charge in [0, 0.05) is 12.1 Å². The van der Waals surface area contributed by atoms with Crippen LogP contribution in [0, 0.1) is 0 Å². The molecule has 0 aliphatic carbocycles. The summed E-state index contributed by atoms with van der Waals surface area (Å²) in [5.74, 6) is -0.295. The van der Waals surface area contributed by atoms with Gasteiger partial charge in [-0.15, -0.1) is 0 Å². The second-order valence-electron chi connectivity index (χ2n) is 4.13. The number of carboxylic acid groups (broad SMARTS) is 1. The fraction of sp³-hybridized carbons (Fsp3) is 0.133. The van der Waals surface area contributed by atoms with Crippen molar-refractivity contribution in [3.8, 4) is 11.5 Å². The summed E-state index contributed by atoms with van der Waals surface area (Å²) in [5, 5.41) is 9.50. The van der Waals surface area contributed by atoms with E-state index in [4.69, 9.17) is 26.2 Å². The van der Waals surface area contributed by atoms with E-state index in [0.717, 1.165) is 5.56 Å². The molecule has 0 heterocycles. The van der Waals surface area contributed by atoms with Gasteiger partial charge in [0.2, 0.25) is 0 Å². The molecule has 2 rings (SSSR count). The molecule has 1 N–H and O–H groups in total. The third kappa shape index (κ3) is 3.50. The van der Waals surface area contributed by atoms with Gasteiger partial charge < -0.3 is 14.6 Å². The number of hydrogen-bond acceptors (Lipinski definition) is 3. The number of aromatic carboxylic acids is 1. The zero-order chi connectivity index (χ0) is 14.5. The third-order valence-corrected chi connectivity index (χ3v) is 2.84. The topological polar surface area (TPSA) is 55.8 Å². The smallest absolute Gasteiger partial charge is 0.339 e. The monoisotopic (exact) mass is 292 g/mol. The molecule has 0 radical (unpaired) electrons. The lowest BCUT2D eigenvalue weighted by Crippen LogP contribution is -2.00. The van der Waals surface area contributed by atoms with Gasteiger partial charge in [0.25, 0.3) is 0 Å². The van der Waals surface area contributed by atoms with Crippen LogP contribution in [-0.4, -0.2) is 18.2 Å². The summed E-state index contributed by atoms with van der Waals surface area (Å²) < 4.78 is 10.7. The Morgan fingerprint density at radius 2 is 2.05 bits per heavy atom. The first-order valence-corrected chi connectivity index (χ1v) is 6.26. The van der Waals surface area contributed by atoms with Crippen LogP contribution in [0.1, 0.15) is 15.9 Å². The SMILES string of the molecule is COCc1cccc(Oc2ccc(Cl)cc2C(=O)O)c1. The lowest BCUT2D eigenvalue weighted by Gasteiger charge is -2.10. The standard InChI is InChI=1S/C15H13ClO4/c1-19-9-10-3-2-4-12(7-10)20-14-6-5-11(16)8-13(14)15(17)18/h2-8H,9H2,1H3,(H,17,18). The lowest BCUT2D eigenvalue weighted by molar-refractivity contribution is 0.0694. The van der Waals surface area contributed by atoms with Crippen LogP contribution in [0.15, 0.2) is 42.5 Å². The first-order chi connectivity index (χ1) is 9.60. The van der Waals surface area contributed by atoms with Crippen molar-refractivity contribution in [2.45, 2.75) is 6.61 Å². The van der Waals surface area contributed by atoms with Gasteiger partial charge in [-0.25, -0.2) is 4.79 Å². The maximum Gasteiger partial charge on any atom is 0.339 e. The zero-order valence-electron chi connectivity index (χ0n) is 10.8. The Morgan fingerprint density at radius 3 is 2.75 bits per heavy atom. The first-order valence-electron chi connectivity index (χ1n) is 5.88. The molecule has 2 aromatic carbocycles. The summed E-state index contributed by atoms with van der Waals surface area (Å²) in [7, 11) is 1.61. The molecule has 0 bridgehead atoms. The van der Waals surface area contributed by atoms with Gasteiger partial charge in [-0.05, 0) is 35.9 Å². The normalized spacial score (nSPS) is 10.3. The van der Waals surface area contributed by atoms with Crippen LogP contribution in [0.25, 0.3) is 0 Å². The molecule has 0 saturated carbocycles. The van der Waals surface area contributed by atoms with E-state index in [1.165, 1.54) is 12.1 Å². The second kappa shape index (κ2) is 6.41. The maximum absolute atomic E-state index is 11.2. The fourth-order valence-corrected chi connectivity index (χ4v) is 1.92. The van der Waals surface area contributed by atoms with Crippen LogP contribution >= 0.6 is 11.6 Å². The highest BCUT2D eigenvalue weighted by Crippen LogP contribution is 2.28. The van der Waals surface area contributed by atoms with Crippen molar-refractivity contribution in [3.63, 3.8) is 0 Å². The molecule has 0 saturated heterocycles. The molecule has 0 spiro atoms. The minimum atomic E-state index is -1.09. The molecule has 0 amide bonds. The Bertz CT molecular complexity index is 625. The van der Waals surface area contributed by atoms with E-state index >= 15 is 0 Å². The van der Waals surface area contributed by atoms with Crippen molar-refractivity contribution in [2.24, 2.45) is 0 Å². The van der Waals surface area contributed by atoms with E-state index < -0.39 is 5.97 Å². The average Bonchev–Trinajstić information content (AvgIpc) is 2.41. The summed E-state index contributed by atoms with van der Waals surface area (Å²) in [6.45, 7) is 0.462. The van der Waals surface area contributed by atoms with Gasteiger partial charge in [-0.2, -0.15) is 0 Å². The molecule has 0 unspecified atom stereocenters. The molecule has 0 atom stereocenters. The van der Waals surface area contributed by atoms with Gasteiger partial charge in [-0.3, -0.25) is 0 Å². The molecule has 5 heteroatoms. The molecule has 0 fully saturated rings. The molecule has 0 aliphatic rings. The summed E-state index contributed by atoms with van der Waals surface area (Å²) in [5.41, 5.74) is 0.963. The Kier molecular flexibility index (Phi) is 4.61. The van der Waals surface area contributed by atoms with E-state index in [1.54, 1.807) is 25.3 Å². The van der Waals surface area contributed by atoms with E-state index in [-0.39, 0.29) is 11.3 Å². The summed E-state index contributed by atoms with van der Waals surface area (Å²) >= 11 is 5.79. The molecule has 2 aromatic rings. The number of carboxylic acids is 1. The summed E-state index contributed by atoms with van der Waals surface area (Å²) in [6.07, 6.45) is 0. The maximum atomic E-state index is 11.2. The van der Waals surface area contributed by atoms with E-state index in [0.29, 0.717) is 17.4 Å². The number of benzene rings is 2. The molecule has 0 aromatic heterocycles. The third-order valence-electron chi connectivity index (χ3n) is 2.61. The molecule has 0 aliphatic heterocycles. The van der Waals surface area contributed by atoms with Crippen LogP contribution in [0.2, 0.25) is 5.02 Å². The minimum absolute atomic E-state index is 0.0228. The van der Waals surface area contributed by atoms with Crippen LogP contribution in [0.4, 0.5) is 0 Å². The van der Waals surface area contributed by atoms with Crippen molar-refractivity contribution in [1.82, 2.24) is 0 Å². The average molecular weight is 293 g/mol. The quantitative estimate of drug-likeness (QED) is 0.905. The predicted octanol–water partition coefficient (Wildman–Crippen LogP) is 3.98. The highest BCUT2D eigenvalue weighted by molar-refractivity contribution is 6.31. The number of methoxy groups -OCH3 is 1. The van der Waals surface area contributed by atoms with Gasteiger partial charge >= 0.3 is 5.97 Å². The van der Waals surface area contributed by atoms with Crippen LogP contribution in [0.5, 0.6) is 11.5 Å². The molecule has 20 heavy (non-hydrogen) atoms. The fourth-order valence-electron chi connectivity index (χ4n) is 1.75. The Morgan fingerprint density at radius 1 is 1.25 bits per heavy atom. The van der Waals surface area contributed by atoms with Gasteiger partial charge in [0.1, 0.15) is 17.1 Å². The largest absolute Gasteiger partial charge is 0.478 e. The number of carbonyl (C=O) groups is 1. The van der Waals surface area contributed by atoms with Crippen LogP contribution in [-0.2, 0) is 11.3 Å². The number of hydrogen-bond donors (Lipinski definition) is 1. The molecule has 4 nitrogen and oxygen atoms in total. The van der Waals surface area contributed by atoms with Crippen molar-refractivity contribution in [1.29, 1.82) is 0 Å². The zero-order valence-corrected chi connectivity index (χ0v) is 11.6.